The number of fused-ring (bicyclic) bond motifs is 1. The highest BCUT2D eigenvalue weighted by Gasteiger charge is 2.26. The molecule has 5 heteroatoms. The second-order valence-electron chi connectivity index (χ2n) is 3.88. The first-order chi connectivity index (χ1) is 7.00. The molecule has 3 nitrogen and oxygen atoms in total. The van der Waals surface area contributed by atoms with Crippen molar-refractivity contribution < 1.29 is 12.8 Å². The molecule has 0 radical (unpaired) electrons. The van der Waals surface area contributed by atoms with Crippen LogP contribution < -0.4 is 5.32 Å². The first kappa shape index (κ1) is 10.4. The van der Waals surface area contributed by atoms with E-state index in [-0.39, 0.29) is 22.3 Å². The summed E-state index contributed by atoms with van der Waals surface area (Å²) >= 11 is 0. The highest BCUT2D eigenvalue weighted by Crippen LogP contribution is 2.29. The molecule has 1 aromatic carbocycles. The van der Waals surface area contributed by atoms with Gasteiger partial charge in [-0.2, -0.15) is 0 Å². The van der Waals surface area contributed by atoms with Gasteiger partial charge in [-0.25, -0.2) is 12.8 Å². The number of halogens is 1. The molecule has 82 valence electrons. The third kappa shape index (κ3) is 1.84. The Kier molecular flexibility index (Phi) is 2.42. The maximum atomic E-state index is 13.4. The Hall–Kier alpha value is -1.10. The average molecular weight is 229 g/mol. The Morgan fingerprint density at radius 1 is 1.47 bits per heavy atom. The van der Waals surface area contributed by atoms with Gasteiger partial charge in [0.15, 0.2) is 9.84 Å². The van der Waals surface area contributed by atoms with Crippen molar-refractivity contribution in [1.29, 1.82) is 0 Å². The summed E-state index contributed by atoms with van der Waals surface area (Å²) in [5.74, 6) is -0.455. The summed E-state index contributed by atoms with van der Waals surface area (Å²) in [4.78, 5) is 0.0758. The average Bonchev–Trinajstić information content (AvgIpc) is 2.24. The first-order valence-corrected chi connectivity index (χ1v) is 6.41. The molecule has 0 saturated heterocycles. The van der Waals surface area contributed by atoms with Crippen LogP contribution >= 0.6 is 0 Å². The smallest absolute Gasteiger partial charge is 0.180 e. The van der Waals surface area contributed by atoms with E-state index in [1.54, 1.807) is 0 Å². The topological polar surface area (TPSA) is 46.2 Å². The largest absolute Gasteiger partial charge is 0.381 e. The minimum atomic E-state index is -3.35. The van der Waals surface area contributed by atoms with Gasteiger partial charge in [0.25, 0.3) is 0 Å². The number of para-hydroxylation sites is 1. The van der Waals surface area contributed by atoms with Crippen molar-refractivity contribution in [3.8, 4) is 0 Å². The van der Waals surface area contributed by atoms with Crippen LogP contribution in [0.1, 0.15) is 6.92 Å². The molecule has 1 aliphatic rings. The highest BCUT2D eigenvalue weighted by atomic mass is 32.2. The Morgan fingerprint density at radius 2 is 2.20 bits per heavy atom. The maximum absolute atomic E-state index is 13.4. The standard InChI is InChI=1S/C10H12FNO2S/c1-7-5-12-10-8(11)3-2-4-9(10)15(13,14)6-7/h2-4,7,12H,5-6H2,1H3. The minimum Gasteiger partial charge on any atom is -0.381 e. The van der Waals surface area contributed by atoms with E-state index in [9.17, 15) is 12.8 Å². The molecule has 15 heavy (non-hydrogen) atoms. The summed E-state index contributed by atoms with van der Waals surface area (Å²) in [6.07, 6.45) is 0. The molecule has 2 rings (SSSR count). The van der Waals surface area contributed by atoms with Crippen LogP contribution in [-0.4, -0.2) is 20.7 Å². The minimum absolute atomic E-state index is 0.0122. The summed E-state index contributed by atoms with van der Waals surface area (Å²) in [6.45, 7) is 2.31. The molecule has 1 atom stereocenters. The number of rotatable bonds is 0. The van der Waals surface area contributed by atoms with E-state index in [1.165, 1.54) is 18.2 Å². The molecule has 1 N–H and O–H groups in total. The van der Waals surface area contributed by atoms with Crippen LogP contribution in [0.5, 0.6) is 0 Å². The second-order valence-corrected chi connectivity index (χ2v) is 5.88. The van der Waals surface area contributed by atoms with Crippen molar-refractivity contribution in [2.75, 3.05) is 17.6 Å². The van der Waals surface area contributed by atoms with Gasteiger partial charge < -0.3 is 5.32 Å². The lowest BCUT2D eigenvalue weighted by molar-refractivity contribution is 0.582. The molecule has 0 bridgehead atoms. The third-order valence-electron chi connectivity index (χ3n) is 2.44. The van der Waals surface area contributed by atoms with Crippen LogP contribution in [0.2, 0.25) is 0 Å². The first-order valence-electron chi connectivity index (χ1n) is 4.76. The van der Waals surface area contributed by atoms with Crippen LogP contribution in [0.4, 0.5) is 10.1 Å². The van der Waals surface area contributed by atoms with Crippen LogP contribution in [0, 0.1) is 11.7 Å². The normalized spacial score (nSPS) is 23.7. The van der Waals surface area contributed by atoms with Crippen LogP contribution in [0.3, 0.4) is 0 Å². The van der Waals surface area contributed by atoms with Crippen molar-refractivity contribution in [3.05, 3.63) is 24.0 Å². The van der Waals surface area contributed by atoms with Crippen LogP contribution in [-0.2, 0) is 9.84 Å². The summed E-state index contributed by atoms with van der Waals surface area (Å²) < 4.78 is 37.1. The SMILES string of the molecule is CC1CNc2c(F)cccc2S(=O)(=O)C1. The lowest BCUT2D eigenvalue weighted by Crippen LogP contribution is -2.15. The third-order valence-corrected chi connectivity index (χ3v) is 4.46. The Bertz CT molecular complexity index is 484. The highest BCUT2D eigenvalue weighted by molar-refractivity contribution is 7.91. The molecule has 0 amide bonds. The fourth-order valence-corrected chi connectivity index (χ4v) is 3.55. The van der Waals surface area contributed by atoms with Gasteiger partial charge >= 0.3 is 0 Å². The van der Waals surface area contributed by atoms with Crippen LogP contribution in [0.25, 0.3) is 0 Å². The van der Waals surface area contributed by atoms with Gasteiger partial charge in [-0.3, -0.25) is 0 Å². The maximum Gasteiger partial charge on any atom is 0.180 e. The number of hydrogen-bond acceptors (Lipinski definition) is 3. The Labute approximate surface area is 88.2 Å². The van der Waals surface area contributed by atoms with Gasteiger partial charge in [0.2, 0.25) is 0 Å². The Balaban J connectivity index is 2.64. The van der Waals surface area contributed by atoms with E-state index >= 15 is 0 Å². The molecule has 0 aliphatic carbocycles. The molecule has 1 aromatic rings. The Morgan fingerprint density at radius 3 is 2.93 bits per heavy atom. The van der Waals surface area contributed by atoms with E-state index in [2.05, 4.69) is 5.32 Å². The van der Waals surface area contributed by atoms with E-state index in [4.69, 9.17) is 0 Å². The number of nitrogens with one attached hydrogen (secondary N) is 1. The molecule has 1 heterocycles. The van der Waals surface area contributed by atoms with Crippen LogP contribution in [0.15, 0.2) is 23.1 Å². The van der Waals surface area contributed by atoms with Crippen molar-refractivity contribution in [3.63, 3.8) is 0 Å². The molecule has 1 unspecified atom stereocenters. The van der Waals surface area contributed by atoms with Gasteiger partial charge in [0, 0.05) is 6.54 Å². The van der Waals surface area contributed by atoms with Crippen molar-refractivity contribution in [1.82, 2.24) is 0 Å². The molecule has 0 spiro atoms. The fraction of sp³-hybridized carbons (Fsp3) is 0.400. The summed E-state index contributed by atoms with van der Waals surface area (Å²) in [7, 11) is -3.35. The zero-order valence-electron chi connectivity index (χ0n) is 8.33. The van der Waals surface area contributed by atoms with E-state index < -0.39 is 15.7 Å². The van der Waals surface area contributed by atoms with Crippen molar-refractivity contribution >= 4 is 15.5 Å². The second kappa shape index (κ2) is 3.48. The van der Waals surface area contributed by atoms with Gasteiger partial charge in [-0.1, -0.05) is 13.0 Å². The summed E-state index contributed by atoms with van der Waals surface area (Å²) in [5, 5.41) is 2.84. The van der Waals surface area contributed by atoms with E-state index in [1.807, 2.05) is 6.92 Å². The number of sulfone groups is 1. The zero-order valence-corrected chi connectivity index (χ0v) is 9.14. The molecular weight excluding hydrogens is 217 g/mol. The fourth-order valence-electron chi connectivity index (χ4n) is 1.73. The van der Waals surface area contributed by atoms with Gasteiger partial charge in [-0.05, 0) is 18.1 Å². The quantitative estimate of drug-likeness (QED) is 0.736. The predicted molar refractivity (Wildman–Crippen MR) is 56.1 cm³/mol. The molecule has 0 aromatic heterocycles. The van der Waals surface area contributed by atoms with Crippen molar-refractivity contribution in [2.24, 2.45) is 5.92 Å². The lowest BCUT2D eigenvalue weighted by atomic mass is 10.2. The molecule has 0 fully saturated rings. The predicted octanol–water partition coefficient (Wildman–Crippen LogP) is 1.66. The number of hydrogen-bond donors (Lipinski definition) is 1. The summed E-state index contributed by atoms with van der Waals surface area (Å²) in [5.41, 5.74) is 0.113. The van der Waals surface area contributed by atoms with Gasteiger partial charge in [0.1, 0.15) is 5.82 Å². The monoisotopic (exact) mass is 229 g/mol. The van der Waals surface area contributed by atoms with E-state index in [0.717, 1.165) is 0 Å². The van der Waals surface area contributed by atoms with Gasteiger partial charge in [0.05, 0.1) is 16.3 Å². The number of benzene rings is 1. The summed E-state index contributed by atoms with van der Waals surface area (Å²) in [6, 6.07) is 4.12. The lowest BCUT2D eigenvalue weighted by Gasteiger charge is -2.07. The molecular formula is C10H12FNO2S. The number of anilines is 1. The van der Waals surface area contributed by atoms with Gasteiger partial charge in [-0.15, -0.1) is 0 Å². The van der Waals surface area contributed by atoms with E-state index in [0.29, 0.717) is 6.54 Å². The zero-order chi connectivity index (χ0) is 11.1. The molecule has 1 aliphatic heterocycles. The van der Waals surface area contributed by atoms with Crippen molar-refractivity contribution in [2.45, 2.75) is 11.8 Å². The molecule has 0 saturated carbocycles.